The zero-order valence-electron chi connectivity index (χ0n) is 9.46. The highest BCUT2D eigenvalue weighted by Gasteiger charge is 2.05. The van der Waals surface area contributed by atoms with Crippen molar-refractivity contribution in [2.45, 2.75) is 7.43 Å². The third-order valence-electron chi connectivity index (χ3n) is 2.37. The van der Waals surface area contributed by atoms with E-state index in [1.807, 2.05) is 0 Å². The number of aromatic nitrogens is 1. The van der Waals surface area contributed by atoms with Gasteiger partial charge in [-0.05, 0) is 36.4 Å². The van der Waals surface area contributed by atoms with Crippen LogP contribution >= 0.6 is 0 Å². The van der Waals surface area contributed by atoms with Crippen LogP contribution in [0.5, 0.6) is 0 Å². The van der Waals surface area contributed by atoms with Crippen LogP contribution in [0, 0.1) is 0 Å². The summed E-state index contributed by atoms with van der Waals surface area (Å²) in [5, 5.41) is 2.71. The fourth-order valence-electron chi connectivity index (χ4n) is 1.42. The highest BCUT2D eigenvalue weighted by atomic mass is 16.2. The molecule has 0 atom stereocenters. The van der Waals surface area contributed by atoms with E-state index in [1.54, 1.807) is 48.8 Å². The van der Waals surface area contributed by atoms with Crippen LogP contribution in [0.3, 0.4) is 0 Å². The van der Waals surface area contributed by atoms with Crippen LogP contribution in [0.25, 0.3) is 0 Å². The van der Waals surface area contributed by atoms with Crippen LogP contribution in [-0.2, 0) is 0 Å². The standard InChI is InChI=1S/C13H11N3O2.CH4/c14-12(17)9-1-3-11(4-2-9)16-13(18)10-5-7-15-8-6-10;/h1-8H,(H2,14,17)(H,16,18);1H4. The van der Waals surface area contributed by atoms with E-state index in [0.29, 0.717) is 16.8 Å². The summed E-state index contributed by atoms with van der Waals surface area (Å²) in [6, 6.07) is 9.60. The maximum absolute atomic E-state index is 11.8. The van der Waals surface area contributed by atoms with E-state index in [0.717, 1.165) is 0 Å². The highest BCUT2D eigenvalue weighted by Crippen LogP contribution is 2.10. The molecule has 5 nitrogen and oxygen atoms in total. The van der Waals surface area contributed by atoms with Gasteiger partial charge in [-0.2, -0.15) is 0 Å². The molecular weight excluding hydrogens is 242 g/mol. The van der Waals surface area contributed by atoms with Crippen molar-refractivity contribution in [3.63, 3.8) is 0 Å². The molecule has 0 bridgehead atoms. The van der Waals surface area contributed by atoms with E-state index in [-0.39, 0.29) is 13.3 Å². The van der Waals surface area contributed by atoms with Gasteiger partial charge in [0.1, 0.15) is 0 Å². The number of hydrogen-bond donors (Lipinski definition) is 2. The second-order valence-corrected chi connectivity index (χ2v) is 3.63. The van der Waals surface area contributed by atoms with Crippen LogP contribution < -0.4 is 11.1 Å². The fraction of sp³-hybridized carbons (Fsp3) is 0.0714. The summed E-state index contributed by atoms with van der Waals surface area (Å²) >= 11 is 0. The first-order valence-corrected chi connectivity index (χ1v) is 5.28. The fourth-order valence-corrected chi connectivity index (χ4v) is 1.42. The number of anilines is 1. The molecule has 0 saturated heterocycles. The van der Waals surface area contributed by atoms with E-state index in [9.17, 15) is 9.59 Å². The molecule has 5 heteroatoms. The molecule has 2 amide bonds. The number of nitrogens with two attached hydrogens (primary N) is 1. The Morgan fingerprint density at radius 3 is 2.05 bits per heavy atom. The predicted octanol–water partition coefficient (Wildman–Crippen LogP) is 2.07. The molecule has 0 radical (unpaired) electrons. The Bertz CT molecular complexity index is 565. The van der Waals surface area contributed by atoms with Gasteiger partial charge < -0.3 is 11.1 Å². The van der Waals surface area contributed by atoms with Crippen LogP contribution in [0.15, 0.2) is 48.8 Å². The number of benzene rings is 1. The summed E-state index contributed by atoms with van der Waals surface area (Å²) in [5.74, 6) is -0.730. The average molecular weight is 257 g/mol. The summed E-state index contributed by atoms with van der Waals surface area (Å²) in [6.45, 7) is 0. The Balaban J connectivity index is 0.00000180. The minimum atomic E-state index is -0.498. The second-order valence-electron chi connectivity index (χ2n) is 3.63. The van der Waals surface area contributed by atoms with Gasteiger partial charge in [0.05, 0.1) is 0 Å². The summed E-state index contributed by atoms with van der Waals surface area (Å²) in [5.41, 5.74) is 6.64. The quantitative estimate of drug-likeness (QED) is 0.882. The van der Waals surface area contributed by atoms with E-state index >= 15 is 0 Å². The number of carbonyl (C=O) groups excluding carboxylic acids is 2. The first-order chi connectivity index (χ1) is 8.66. The smallest absolute Gasteiger partial charge is 0.255 e. The Morgan fingerprint density at radius 1 is 0.947 bits per heavy atom. The molecule has 0 aliphatic heterocycles. The number of rotatable bonds is 3. The first kappa shape index (κ1) is 14.4. The molecule has 98 valence electrons. The van der Waals surface area contributed by atoms with Crippen LogP contribution in [-0.4, -0.2) is 16.8 Å². The summed E-state index contributed by atoms with van der Waals surface area (Å²) < 4.78 is 0. The number of nitrogens with zero attached hydrogens (tertiary/aromatic N) is 1. The van der Waals surface area contributed by atoms with Crippen molar-refractivity contribution >= 4 is 17.5 Å². The molecule has 1 aromatic carbocycles. The number of pyridine rings is 1. The Labute approximate surface area is 111 Å². The number of hydrogen-bond acceptors (Lipinski definition) is 3. The van der Waals surface area contributed by atoms with Crippen LogP contribution in [0.1, 0.15) is 28.1 Å². The van der Waals surface area contributed by atoms with E-state index in [4.69, 9.17) is 5.73 Å². The lowest BCUT2D eigenvalue weighted by molar-refractivity contribution is 0.0998. The summed E-state index contributed by atoms with van der Waals surface area (Å²) in [4.78, 5) is 26.5. The summed E-state index contributed by atoms with van der Waals surface area (Å²) in [7, 11) is 0. The van der Waals surface area contributed by atoms with E-state index in [2.05, 4.69) is 10.3 Å². The molecule has 19 heavy (non-hydrogen) atoms. The van der Waals surface area contributed by atoms with E-state index in [1.165, 1.54) is 0 Å². The monoisotopic (exact) mass is 257 g/mol. The molecule has 0 saturated carbocycles. The van der Waals surface area contributed by atoms with Gasteiger partial charge in [-0.25, -0.2) is 0 Å². The zero-order valence-corrected chi connectivity index (χ0v) is 9.46. The van der Waals surface area contributed by atoms with Gasteiger partial charge in [-0.3, -0.25) is 14.6 Å². The Hall–Kier alpha value is -2.69. The van der Waals surface area contributed by atoms with Gasteiger partial charge in [0.25, 0.3) is 5.91 Å². The van der Waals surface area contributed by atoms with Crippen molar-refractivity contribution in [3.05, 3.63) is 59.9 Å². The van der Waals surface area contributed by atoms with Gasteiger partial charge in [0.15, 0.2) is 0 Å². The van der Waals surface area contributed by atoms with Gasteiger partial charge in [0.2, 0.25) is 5.91 Å². The number of amides is 2. The van der Waals surface area contributed by atoms with Crippen molar-refractivity contribution in [1.82, 2.24) is 4.98 Å². The van der Waals surface area contributed by atoms with Crippen LogP contribution in [0.4, 0.5) is 5.69 Å². The maximum Gasteiger partial charge on any atom is 0.255 e. The lowest BCUT2D eigenvalue weighted by Crippen LogP contribution is -2.13. The van der Waals surface area contributed by atoms with Gasteiger partial charge in [-0.15, -0.1) is 0 Å². The molecule has 0 fully saturated rings. The molecule has 0 spiro atoms. The first-order valence-electron chi connectivity index (χ1n) is 5.28. The SMILES string of the molecule is C.NC(=O)c1ccc(NC(=O)c2ccncc2)cc1. The third-order valence-corrected chi connectivity index (χ3v) is 2.37. The molecule has 0 aliphatic rings. The minimum absolute atomic E-state index is 0. The maximum atomic E-state index is 11.8. The molecule has 3 N–H and O–H groups in total. The Morgan fingerprint density at radius 2 is 1.53 bits per heavy atom. The lowest BCUT2D eigenvalue weighted by atomic mass is 10.2. The predicted molar refractivity (Wildman–Crippen MR) is 73.9 cm³/mol. The number of carbonyl (C=O) groups is 2. The van der Waals surface area contributed by atoms with Crippen molar-refractivity contribution in [2.24, 2.45) is 5.73 Å². The largest absolute Gasteiger partial charge is 0.366 e. The molecule has 0 aliphatic carbocycles. The third kappa shape index (κ3) is 3.64. The van der Waals surface area contributed by atoms with Crippen LogP contribution in [0.2, 0.25) is 0 Å². The molecule has 1 aromatic heterocycles. The normalized spacial score (nSPS) is 9.26. The van der Waals surface area contributed by atoms with Gasteiger partial charge in [0, 0.05) is 29.2 Å². The molecular formula is C14H15N3O2. The topological polar surface area (TPSA) is 85.1 Å². The zero-order chi connectivity index (χ0) is 13.0. The minimum Gasteiger partial charge on any atom is -0.366 e. The number of nitrogens with one attached hydrogen (secondary N) is 1. The molecule has 2 rings (SSSR count). The lowest BCUT2D eigenvalue weighted by Gasteiger charge is -2.05. The molecule has 0 unspecified atom stereocenters. The van der Waals surface area contributed by atoms with Gasteiger partial charge >= 0.3 is 0 Å². The van der Waals surface area contributed by atoms with Crippen molar-refractivity contribution < 1.29 is 9.59 Å². The second kappa shape index (κ2) is 6.30. The highest BCUT2D eigenvalue weighted by molar-refractivity contribution is 6.04. The van der Waals surface area contributed by atoms with Crippen molar-refractivity contribution in [3.8, 4) is 0 Å². The van der Waals surface area contributed by atoms with E-state index < -0.39 is 5.91 Å². The molecule has 1 heterocycles. The van der Waals surface area contributed by atoms with Gasteiger partial charge in [-0.1, -0.05) is 7.43 Å². The molecule has 2 aromatic rings. The van der Waals surface area contributed by atoms with Crippen molar-refractivity contribution in [2.75, 3.05) is 5.32 Å². The Kier molecular flexibility index (Phi) is 4.76. The van der Waals surface area contributed by atoms with Crippen molar-refractivity contribution in [1.29, 1.82) is 0 Å². The summed E-state index contributed by atoms with van der Waals surface area (Å²) in [6.07, 6.45) is 3.09. The number of primary amides is 1. The average Bonchev–Trinajstić information content (AvgIpc) is 2.40.